The Hall–Kier alpha value is -1.06. The fraction of sp³-hybridized carbons (Fsp3) is 0.250. The molecular formula is C12H13ClN2S. The van der Waals surface area contributed by atoms with E-state index in [0.717, 1.165) is 5.69 Å². The van der Waals surface area contributed by atoms with Crippen LogP contribution in [0.3, 0.4) is 0 Å². The van der Waals surface area contributed by atoms with Crippen LogP contribution < -0.4 is 4.90 Å². The first-order valence-corrected chi connectivity index (χ1v) is 6.32. The van der Waals surface area contributed by atoms with Gasteiger partial charge in [0.25, 0.3) is 0 Å². The van der Waals surface area contributed by atoms with Crippen molar-refractivity contribution in [3.05, 3.63) is 45.9 Å². The van der Waals surface area contributed by atoms with Crippen molar-refractivity contribution in [2.24, 2.45) is 0 Å². The van der Waals surface area contributed by atoms with Gasteiger partial charge in [-0.25, -0.2) is 4.98 Å². The van der Waals surface area contributed by atoms with Crippen molar-refractivity contribution >= 4 is 28.6 Å². The molecule has 0 aliphatic carbocycles. The highest BCUT2D eigenvalue weighted by Crippen LogP contribution is 2.28. The standard InChI is InChI=1S/C12H13ClN2S/c1-9(11-4-3-7-16-11)15(2)10-5-6-14-12(13)8-10/h3-9H,1-2H3. The Balaban J connectivity index is 2.22. The average Bonchev–Trinajstić information content (AvgIpc) is 2.80. The van der Waals surface area contributed by atoms with Gasteiger partial charge in [-0.3, -0.25) is 0 Å². The third-order valence-electron chi connectivity index (χ3n) is 2.65. The van der Waals surface area contributed by atoms with E-state index < -0.39 is 0 Å². The van der Waals surface area contributed by atoms with Crippen molar-refractivity contribution in [2.75, 3.05) is 11.9 Å². The predicted octanol–water partition coefficient (Wildman–Crippen LogP) is 3.99. The first-order chi connectivity index (χ1) is 7.68. The molecule has 0 spiro atoms. The molecule has 2 aromatic heterocycles. The smallest absolute Gasteiger partial charge is 0.131 e. The van der Waals surface area contributed by atoms with E-state index in [1.165, 1.54) is 4.88 Å². The molecule has 4 heteroatoms. The zero-order valence-electron chi connectivity index (χ0n) is 9.22. The number of hydrogen-bond donors (Lipinski definition) is 0. The van der Waals surface area contributed by atoms with Crippen LogP contribution in [0.4, 0.5) is 5.69 Å². The van der Waals surface area contributed by atoms with Crippen LogP contribution in [0.25, 0.3) is 0 Å². The molecule has 2 aromatic rings. The minimum Gasteiger partial charge on any atom is -0.367 e. The van der Waals surface area contributed by atoms with Gasteiger partial charge < -0.3 is 4.90 Å². The van der Waals surface area contributed by atoms with E-state index >= 15 is 0 Å². The number of thiophene rings is 1. The Kier molecular flexibility index (Phi) is 3.46. The van der Waals surface area contributed by atoms with Gasteiger partial charge in [-0.15, -0.1) is 11.3 Å². The molecule has 2 heterocycles. The van der Waals surface area contributed by atoms with Crippen LogP contribution >= 0.6 is 22.9 Å². The van der Waals surface area contributed by atoms with Gasteiger partial charge in [0.1, 0.15) is 5.15 Å². The van der Waals surface area contributed by atoms with E-state index in [9.17, 15) is 0 Å². The minimum atomic E-state index is 0.346. The molecule has 16 heavy (non-hydrogen) atoms. The fourth-order valence-corrected chi connectivity index (χ4v) is 2.55. The number of hydrogen-bond acceptors (Lipinski definition) is 3. The molecule has 0 saturated heterocycles. The molecule has 1 atom stereocenters. The van der Waals surface area contributed by atoms with Crippen LogP contribution in [0.5, 0.6) is 0 Å². The molecular weight excluding hydrogens is 240 g/mol. The number of aromatic nitrogens is 1. The number of rotatable bonds is 3. The Labute approximate surface area is 105 Å². The van der Waals surface area contributed by atoms with Crippen molar-refractivity contribution in [1.82, 2.24) is 4.98 Å². The first kappa shape index (κ1) is 11.4. The molecule has 0 N–H and O–H groups in total. The van der Waals surface area contributed by atoms with Gasteiger partial charge in [0, 0.05) is 23.8 Å². The molecule has 0 saturated carbocycles. The van der Waals surface area contributed by atoms with E-state index in [2.05, 4.69) is 41.4 Å². The second kappa shape index (κ2) is 4.85. The largest absolute Gasteiger partial charge is 0.367 e. The molecule has 0 amide bonds. The second-order valence-corrected chi connectivity index (χ2v) is 5.01. The van der Waals surface area contributed by atoms with Crippen LogP contribution in [-0.4, -0.2) is 12.0 Å². The van der Waals surface area contributed by atoms with Crippen LogP contribution in [-0.2, 0) is 0 Å². The Morgan fingerprint density at radius 3 is 2.88 bits per heavy atom. The molecule has 2 rings (SSSR count). The summed E-state index contributed by atoms with van der Waals surface area (Å²) in [5.41, 5.74) is 1.08. The topological polar surface area (TPSA) is 16.1 Å². The van der Waals surface area contributed by atoms with Gasteiger partial charge in [-0.1, -0.05) is 17.7 Å². The zero-order valence-corrected chi connectivity index (χ0v) is 10.8. The Morgan fingerprint density at radius 2 is 2.25 bits per heavy atom. The highest BCUT2D eigenvalue weighted by Gasteiger charge is 2.13. The highest BCUT2D eigenvalue weighted by atomic mass is 35.5. The zero-order chi connectivity index (χ0) is 11.5. The summed E-state index contributed by atoms with van der Waals surface area (Å²) in [5, 5.41) is 2.63. The van der Waals surface area contributed by atoms with Crippen molar-refractivity contribution in [2.45, 2.75) is 13.0 Å². The molecule has 0 fully saturated rings. The van der Waals surface area contributed by atoms with E-state index in [4.69, 9.17) is 11.6 Å². The van der Waals surface area contributed by atoms with E-state index in [0.29, 0.717) is 11.2 Å². The lowest BCUT2D eigenvalue weighted by molar-refractivity contribution is 0.753. The summed E-state index contributed by atoms with van der Waals surface area (Å²) in [7, 11) is 2.07. The number of halogens is 1. The maximum absolute atomic E-state index is 5.88. The van der Waals surface area contributed by atoms with Crippen molar-refractivity contribution in [1.29, 1.82) is 0 Å². The van der Waals surface area contributed by atoms with Crippen molar-refractivity contribution < 1.29 is 0 Å². The number of nitrogens with zero attached hydrogens (tertiary/aromatic N) is 2. The van der Waals surface area contributed by atoms with Gasteiger partial charge in [0.2, 0.25) is 0 Å². The number of pyridine rings is 1. The normalized spacial score (nSPS) is 12.4. The first-order valence-electron chi connectivity index (χ1n) is 5.06. The molecule has 0 aliphatic rings. The van der Waals surface area contributed by atoms with Crippen molar-refractivity contribution in [3.63, 3.8) is 0 Å². The Morgan fingerprint density at radius 1 is 1.44 bits per heavy atom. The summed E-state index contributed by atoms with van der Waals surface area (Å²) in [6, 6.07) is 8.42. The summed E-state index contributed by atoms with van der Waals surface area (Å²) >= 11 is 7.65. The molecule has 0 aromatic carbocycles. The van der Waals surface area contributed by atoms with Gasteiger partial charge in [-0.2, -0.15) is 0 Å². The van der Waals surface area contributed by atoms with E-state index in [1.54, 1.807) is 17.5 Å². The van der Waals surface area contributed by atoms with Gasteiger partial charge >= 0.3 is 0 Å². The lowest BCUT2D eigenvalue weighted by Gasteiger charge is -2.26. The SMILES string of the molecule is CC(c1cccs1)N(C)c1ccnc(Cl)c1. The second-order valence-electron chi connectivity index (χ2n) is 3.64. The van der Waals surface area contributed by atoms with Crippen LogP contribution in [0.15, 0.2) is 35.8 Å². The average molecular weight is 253 g/mol. The predicted molar refractivity (Wildman–Crippen MR) is 70.4 cm³/mol. The Bertz CT molecular complexity index is 456. The lowest BCUT2D eigenvalue weighted by atomic mass is 10.2. The maximum Gasteiger partial charge on any atom is 0.131 e. The van der Waals surface area contributed by atoms with Crippen molar-refractivity contribution in [3.8, 4) is 0 Å². The summed E-state index contributed by atoms with van der Waals surface area (Å²) < 4.78 is 0. The molecule has 1 unspecified atom stereocenters. The third kappa shape index (κ3) is 2.36. The van der Waals surface area contributed by atoms with Gasteiger partial charge in [0.15, 0.2) is 0 Å². The summed E-state index contributed by atoms with van der Waals surface area (Å²) in [6.07, 6.45) is 1.73. The van der Waals surface area contributed by atoms with Gasteiger partial charge in [0.05, 0.1) is 6.04 Å². The fourth-order valence-electron chi connectivity index (χ4n) is 1.56. The maximum atomic E-state index is 5.88. The summed E-state index contributed by atoms with van der Waals surface area (Å²) in [6.45, 7) is 2.18. The van der Waals surface area contributed by atoms with E-state index in [-0.39, 0.29) is 0 Å². The number of anilines is 1. The monoisotopic (exact) mass is 252 g/mol. The molecule has 2 nitrogen and oxygen atoms in total. The van der Waals surface area contributed by atoms with Crippen LogP contribution in [0, 0.1) is 0 Å². The summed E-state index contributed by atoms with van der Waals surface area (Å²) in [4.78, 5) is 7.52. The van der Waals surface area contributed by atoms with E-state index in [1.807, 2.05) is 12.1 Å². The summed E-state index contributed by atoms with van der Waals surface area (Å²) in [5.74, 6) is 0. The van der Waals surface area contributed by atoms with Gasteiger partial charge in [-0.05, 0) is 30.5 Å². The van der Waals surface area contributed by atoms with Crippen LogP contribution in [0.2, 0.25) is 5.15 Å². The molecule has 0 bridgehead atoms. The molecule has 0 aliphatic heterocycles. The molecule has 0 radical (unpaired) electrons. The quantitative estimate of drug-likeness (QED) is 0.768. The van der Waals surface area contributed by atoms with Crippen LogP contribution in [0.1, 0.15) is 17.8 Å². The molecule has 84 valence electrons. The minimum absolute atomic E-state index is 0.346. The third-order valence-corrected chi connectivity index (χ3v) is 3.90. The highest BCUT2D eigenvalue weighted by molar-refractivity contribution is 7.10. The lowest BCUT2D eigenvalue weighted by Crippen LogP contribution is -2.20.